The van der Waals surface area contributed by atoms with Gasteiger partial charge in [0.15, 0.2) is 0 Å². The van der Waals surface area contributed by atoms with Gasteiger partial charge in [0.2, 0.25) is 0 Å². The van der Waals surface area contributed by atoms with E-state index in [1.54, 1.807) is 27.9 Å². The summed E-state index contributed by atoms with van der Waals surface area (Å²) in [5.41, 5.74) is 2.05. The standard InChI is InChI=1S/C17H18ClN3O3/c1-11-15(10-19-21(11)13-6-4-12(18)5-7-13)17(24)20-8-2-3-14(20)9-16(22)23/h4-7,10,14H,2-3,8-9H2,1H3,(H,22,23). The topological polar surface area (TPSA) is 75.4 Å². The highest BCUT2D eigenvalue weighted by molar-refractivity contribution is 6.30. The first-order chi connectivity index (χ1) is 11.5. The Morgan fingerprint density at radius 3 is 2.71 bits per heavy atom. The maximum absolute atomic E-state index is 12.8. The molecule has 0 bridgehead atoms. The zero-order chi connectivity index (χ0) is 17.3. The second kappa shape index (κ2) is 6.65. The number of rotatable bonds is 4. The van der Waals surface area contributed by atoms with Gasteiger partial charge in [0.25, 0.3) is 5.91 Å². The van der Waals surface area contributed by atoms with E-state index in [1.807, 2.05) is 19.1 Å². The molecule has 1 fully saturated rings. The summed E-state index contributed by atoms with van der Waals surface area (Å²) in [6.07, 6.45) is 3.08. The summed E-state index contributed by atoms with van der Waals surface area (Å²) in [5.74, 6) is -1.04. The summed E-state index contributed by atoms with van der Waals surface area (Å²) in [7, 11) is 0. The van der Waals surface area contributed by atoms with Crippen LogP contribution in [-0.2, 0) is 4.79 Å². The van der Waals surface area contributed by atoms with Gasteiger partial charge in [-0.25, -0.2) is 4.68 Å². The predicted octanol–water partition coefficient (Wildman–Crippen LogP) is 2.91. The molecule has 1 amide bonds. The number of hydrogen-bond donors (Lipinski definition) is 1. The smallest absolute Gasteiger partial charge is 0.305 e. The zero-order valence-corrected chi connectivity index (χ0v) is 14.0. The van der Waals surface area contributed by atoms with Crippen LogP contribution in [0.4, 0.5) is 0 Å². The average Bonchev–Trinajstić information content (AvgIpc) is 3.14. The van der Waals surface area contributed by atoms with Gasteiger partial charge in [-0.05, 0) is 44.0 Å². The third-order valence-corrected chi connectivity index (χ3v) is 4.61. The molecule has 2 aromatic rings. The van der Waals surface area contributed by atoms with E-state index in [9.17, 15) is 9.59 Å². The third kappa shape index (κ3) is 3.14. The van der Waals surface area contributed by atoms with Crippen molar-refractivity contribution in [3.05, 3.63) is 46.7 Å². The minimum atomic E-state index is -0.881. The molecule has 2 heterocycles. The Morgan fingerprint density at radius 2 is 2.04 bits per heavy atom. The van der Waals surface area contributed by atoms with Crippen LogP contribution in [0.3, 0.4) is 0 Å². The molecule has 0 spiro atoms. The van der Waals surface area contributed by atoms with Crippen molar-refractivity contribution in [3.63, 3.8) is 0 Å². The SMILES string of the molecule is Cc1c(C(=O)N2CCCC2CC(=O)O)cnn1-c1ccc(Cl)cc1. The summed E-state index contributed by atoms with van der Waals surface area (Å²) in [4.78, 5) is 25.5. The molecule has 1 aromatic carbocycles. The lowest BCUT2D eigenvalue weighted by atomic mass is 10.1. The molecule has 1 aromatic heterocycles. The molecule has 0 radical (unpaired) electrons. The van der Waals surface area contributed by atoms with Crippen LogP contribution in [0.25, 0.3) is 5.69 Å². The van der Waals surface area contributed by atoms with Gasteiger partial charge in [-0.2, -0.15) is 5.10 Å². The van der Waals surface area contributed by atoms with Crippen LogP contribution >= 0.6 is 11.6 Å². The molecule has 3 rings (SSSR count). The molecule has 1 N–H and O–H groups in total. The first kappa shape index (κ1) is 16.5. The van der Waals surface area contributed by atoms with Crippen molar-refractivity contribution in [2.75, 3.05) is 6.54 Å². The molecule has 1 unspecified atom stereocenters. The van der Waals surface area contributed by atoms with Crippen molar-refractivity contribution in [2.45, 2.75) is 32.2 Å². The van der Waals surface area contributed by atoms with Gasteiger partial charge in [0.05, 0.1) is 29.6 Å². The molecule has 126 valence electrons. The summed E-state index contributed by atoms with van der Waals surface area (Å²) in [5, 5.41) is 13.9. The fourth-order valence-corrected chi connectivity index (χ4v) is 3.26. The molecule has 6 nitrogen and oxygen atoms in total. The summed E-state index contributed by atoms with van der Waals surface area (Å²) >= 11 is 5.90. The van der Waals surface area contributed by atoms with Crippen LogP contribution < -0.4 is 0 Å². The molecule has 7 heteroatoms. The van der Waals surface area contributed by atoms with E-state index in [2.05, 4.69) is 5.10 Å². The highest BCUT2D eigenvalue weighted by atomic mass is 35.5. The molecular formula is C17H18ClN3O3. The number of nitrogens with zero attached hydrogens (tertiary/aromatic N) is 3. The number of halogens is 1. The highest BCUT2D eigenvalue weighted by Crippen LogP contribution is 2.24. The second-order valence-electron chi connectivity index (χ2n) is 5.92. The fraction of sp³-hybridized carbons (Fsp3) is 0.353. The number of likely N-dealkylation sites (tertiary alicyclic amines) is 1. The Labute approximate surface area is 144 Å². The number of carbonyl (C=O) groups is 2. The molecule has 1 aliphatic rings. The van der Waals surface area contributed by atoms with Gasteiger partial charge in [-0.3, -0.25) is 9.59 Å². The molecule has 1 saturated heterocycles. The number of aliphatic carboxylic acids is 1. The number of hydrogen-bond acceptors (Lipinski definition) is 3. The Bertz CT molecular complexity index is 770. The lowest BCUT2D eigenvalue weighted by Crippen LogP contribution is -2.37. The van der Waals surface area contributed by atoms with Crippen molar-refractivity contribution >= 4 is 23.5 Å². The van der Waals surface area contributed by atoms with E-state index in [-0.39, 0.29) is 18.4 Å². The first-order valence-corrected chi connectivity index (χ1v) is 8.18. The number of benzene rings is 1. The van der Waals surface area contributed by atoms with E-state index in [0.29, 0.717) is 17.1 Å². The lowest BCUT2D eigenvalue weighted by molar-refractivity contribution is -0.137. The lowest BCUT2D eigenvalue weighted by Gasteiger charge is -2.23. The van der Waals surface area contributed by atoms with E-state index in [0.717, 1.165) is 24.2 Å². The van der Waals surface area contributed by atoms with Crippen LogP contribution in [0.5, 0.6) is 0 Å². The van der Waals surface area contributed by atoms with Gasteiger partial charge in [0, 0.05) is 17.6 Å². The first-order valence-electron chi connectivity index (χ1n) is 7.80. The van der Waals surface area contributed by atoms with Gasteiger partial charge in [0.1, 0.15) is 0 Å². The van der Waals surface area contributed by atoms with Gasteiger partial charge in [-0.1, -0.05) is 11.6 Å². The predicted molar refractivity (Wildman–Crippen MR) is 89.6 cm³/mol. The van der Waals surface area contributed by atoms with Crippen molar-refractivity contribution in [3.8, 4) is 5.69 Å². The molecule has 0 aliphatic carbocycles. The molecule has 24 heavy (non-hydrogen) atoms. The highest BCUT2D eigenvalue weighted by Gasteiger charge is 2.32. The Morgan fingerprint density at radius 1 is 1.33 bits per heavy atom. The van der Waals surface area contributed by atoms with E-state index < -0.39 is 5.97 Å². The van der Waals surface area contributed by atoms with Crippen LogP contribution in [-0.4, -0.2) is 44.3 Å². The quantitative estimate of drug-likeness (QED) is 0.922. The monoisotopic (exact) mass is 347 g/mol. The Balaban J connectivity index is 1.86. The van der Waals surface area contributed by atoms with Crippen molar-refractivity contribution in [2.24, 2.45) is 0 Å². The van der Waals surface area contributed by atoms with Crippen LogP contribution in [0, 0.1) is 6.92 Å². The summed E-state index contributed by atoms with van der Waals surface area (Å²) < 4.78 is 1.69. The Hall–Kier alpha value is -2.34. The number of aromatic nitrogens is 2. The van der Waals surface area contributed by atoms with E-state index >= 15 is 0 Å². The normalized spacial score (nSPS) is 17.2. The second-order valence-corrected chi connectivity index (χ2v) is 6.36. The average molecular weight is 348 g/mol. The van der Waals surface area contributed by atoms with Crippen molar-refractivity contribution in [1.82, 2.24) is 14.7 Å². The number of carboxylic acid groups (broad SMARTS) is 1. The van der Waals surface area contributed by atoms with Crippen molar-refractivity contribution < 1.29 is 14.7 Å². The number of carbonyl (C=O) groups excluding carboxylic acids is 1. The van der Waals surface area contributed by atoms with Crippen LogP contribution in [0.15, 0.2) is 30.5 Å². The molecule has 1 atom stereocenters. The maximum Gasteiger partial charge on any atom is 0.305 e. The van der Waals surface area contributed by atoms with E-state index in [4.69, 9.17) is 16.7 Å². The fourth-order valence-electron chi connectivity index (χ4n) is 3.13. The largest absolute Gasteiger partial charge is 0.481 e. The van der Waals surface area contributed by atoms with Gasteiger partial charge in [-0.15, -0.1) is 0 Å². The minimum absolute atomic E-state index is 0.0177. The minimum Gasteiger partial charge on any atom is -0.481 e. The maximum atomic E-state index is 12.8. The molecular weight excluding hydrogens is 330 g/mol. The van der Waals surface area contributed by atoms with E-state index in [1.165, 1.54) is 0 Å². The number of carboxylic acids is 1. The zero-order valence-electron chi connectivity index (χ0n) is 13.3. The van der Waals surface area contributed by atoms with Crippen LogP contribution in [0.1, 0.15) is 35.3 Å². The molecule has 1 aliphatic heterocycles. The summed E-state index contributed by atoms with van der Waals surface area (Å²) in [6.45, 7) is 2.42. The van der Waals surface area contributed by atoms with Gasteiger partial charge >= 0.3 is 5.97 Å². The van der Waals surface area contributed by atoms with Crippen LogP contribution in [0.2, 0.25) is 5.02 Å². The Kier molecular flexibility index (Phi) is 4.57. The van der Waals surface area contributed by atoms with Gasteiger partial charge < -0.3 is 10.0 Å². The number of amides is 1. The molecule has 0 saturated carbocycles. The third-order valence-electron chi connectivity index (χ3n) is 4.36. The van der Waals surface area contributed by atoms with Crippen molar-refractivity contribution in [1.29, 1.82) is 0 Å². The summed E-state index contributed by atoms with van der Waals surface area (Å²) in [6, 6.07) is 6.96.